The number of nitrogens with one attached hydrogen (secondary N) is 1. The predicted molar refractivity (Wildman–Crippen MR) is 215 cm³/mol. The highest BCUT2D eigenvalue weighted by Gasteiger charge is 2.58. The zero-order valence-corrected chi connectivity index (χ0v) is 36.3. The van der Waals surface area contributed by atoms with Crippen LogP contribution < -0.4 is 5.32 Å². The fourth-order valence-electron chi connectivity index (χ4n) is 9.47. The summed E-state index contributed by atoms with van der Waals surface area (Å²) < 4.78 is 72.7. The van der Waals surface area contributed by atoms with Gasteiger partial charge in [-0.3, -0.25) is 9.59 Å². The molecule has 5 rings (SSSR count). The molecular weight excluding hydrogens is 896 g/mol. The van der Waals surface area contributed by atoms with Gasteiger partial charge in [0.1, 0.15) is 48.8 Å². The third kappa shape index (κ3) is 11.6. The van der Waals surface area contributed by atoms with Crippen molar-refractivity contribution in [3.63, 3.8) is 0 Å². The number of aliphatic hydroxyl groups excluding tert-OH is 5. The molecule has 3 saturated heterocycles. The number of hydrogen-bond acceptors (Lipinski definition) is 12. The lowest BCUT2D eigenvalue weighted by Crippen LogP contribution is -2.68. The van der Waals surface area contributed by atoms with E-state index in [1.807, 2.05) is 19.9 Å². The number of halogens is 4. The van der Waals surface area contributed by atoms with Gasteiger partial charge >= 0.3 is 6.18 Å². The second-order valence-electron chi connectivity index (χ2n) is 17.0. The number of ether oxygens (including phenoxy) is 5. The van der Waals surface area contributed by atoms with Crippen molar-refractivity contribution in [2.75, 3.05) is 19.7 Å². The molecule has 2 amide bonds. The van der Waals surface area contributed by atoms with Gasteiger partial charge in [-0.15, -0.1) is 5.73 Å². The van der Waals surface area contributed by atoms with Gasteiger partial charge in [-0.05, 0) is 62.4 Å². The predicted octanol–water partition coefficient (Wildman–Crippen LogP) is 3.42. The standard InChI is InChI=1S/C41H64F3IN2O12/c1-5-8-15-40(45,7-3)25-19-24(6-2)34(58-39-33(53)31(51)32(52)36(59-39)41(42,43)44)26(20-25)56-38-29(46-22(4)49)35(30(50)28(21-48)57-38)55-27(37(54)47-16-12-17-47)18-23-13-10-9-11-14-23/h8,23-36,38-39,48,50-53H,1,6-7,9-21H2,2-4H3,(H,46,49)/t24?,25?,26-,27+,28?,29?,30+,31?,32+,33?,34-,35?,36?,38-,39-,40?/m1/s1. The normalized spacial score (nSPS) is 38.7. The summed E-state index contributed by atoms with van der Waals surface area (Å²) in [5.41, 5.74) is 2.83. The molecule has 0 spiro atoms. The number of carbonyl (C=O) groups excluding carboxylic acids is 2. The number of nitrogens with zero attached hydrogens (tertiary/aromatic N) is 1. The maximum atomic E-state index is 14.0. The first-order chi connectivity index (χ1) is 28.0. The largest absolute Gasteiger partial charge is 0.417 e. The number of allylic oxidation sites excluding steroid dienone is 1. The lowest BCUT2D eigenvalue weighted by molar-refractivity contribution is -0.373. The van der Waals surface area contributed by atoms with Crippen LogP contribution >= 0.6 is 22.6 Å². The molecule has 0 radical (unpaired) electrons. The van der Waals surface area contributed by atoms with Gasteiger partial charge in [-0.2, -0.15) is 13.2 Å². The quantitative estimate of drug-likeness (QED) is 0.0751. The van der Waals surface area contributed by atoms with Gasteiger partial charge in [0.2, 0.25) is 5.91 Å². The van der Waals surface area contributed by atoms with Crippen LogP contribution in [-0.4, -0.2) is 151 Å². The van der Waals surface area contributed by atoms with Crippen LogP contribution in [0.1, 0.15) is 97.8 Å². The summed E-state index contributed by atoms with van der Waals surface area (Å²) in [6.45, 7) is 9.34. The van der Waals surface area contributed by atoms with Crippen LogP contribution in [0, 0.1) is 17.8 Å². The number of likely N-dealkylation sites (tertiary alicyclic amines) is 1. The third-order valence-electron chi connectivity index (χ3n) is 13.1. The van der Waals surface area contributed by atoms with Crippen molar-refractivity contribution in [1.29, 1.82) is 0 Å². The van der Waals surface area contributed by atoms with E-state index in [0.29, 0.717) is 45.2 Å². The highest BCUT2D eigenvalue weighted by molar-refractivity contribution is 14.1. The Morgan fingerprint density at radius 2 is 1.66 bits per heavy atom. The summed E-state index contributed by atoms with van der Waals surface area (Å²) in [6, 6.07) is -1.24. The van der Waals surface area contributed by atoms with Gasteiger partial charge in [-0.1, -0.05) is 81.5 Å². The van der Waals surface area contributed by atoms with Gasteiger partial charge in [0, 0.05) is 23.4 Å². The van der Waals surface area contributed by atoms with Crippen molar-refractivity contribution in [2.24, 2.45) is 17.8 Å². The minimum absolute atomic E-state index is 0.0943. The van der Waals surface area contributed by atoms with E-state index in [2.05, 4.69) is 40.2 Å². The van der Waals surface area contributed by atoms with Crippen LogP contribution in [0.5, 0.6) is 0 Å². The molecule has 6 N–H and O–H groups in total. The minimum Gasteiger partial charge on any atom is -0.394 e. The lowest BCUT2D eigenvalue weighted by Gasteiger charge is -2.51. The van der Waals surface area contributed by atoms with Crippen molar-refractivity contribution in [1.82, 2.24) is 10.2 Å². The molecule has 338 valence electrons. The molecule has 2 aliphatic carbocycles. The molecule has 5 aliphatic rings. The van der Waals surface area contributed by atoms with E-state index >= 15 is 0 Å². The van der Waals surface area contributed by atoms with E-state index in [0.717, 1.165) is 38.5 Å². The summed E-state index contributed by atoms with van der Waals surface area (Å²) in [6.07, 6.45) is -14.9. The van der Waals surface area contributed by atoms with E-state index < -0.39 is 104 Å². The Bertz CT molecular complexity index is 1430. The molecule has 0 bridgehead atoms. The van der Waals surface area contributed by atoms with Crippen molar-refractivity contribution in [2.45, 2.75) is 187 Å². The summed E-state index contributed by atoms with van der Waals surface area (Å²) in [4.78, 5) is 28.5. The third-order valence-corrected chi connectivity index (χ3v) is 15.2. The zero-order valence-electron chi connectivity index (χ0n) is 34.2. The van der Waals surface area contributed by atoms with E-state index in [9.17, 15) is 48.3 Å². The van der Waals surface area contributed by atoms with Crippen LogP contribution in [0.15, 0.2) is 18.4 Å². The Kier molecular flexibility index (Phi) is 17.6. The first-order valence-electron chi connectivity index (χ1n) is 21.2. The van der Waals surface area contributed by atoms with E-state index in [-0.39, 0.29) is 27.6 Å². The van der Waals surface area contributed by atoms with Gasteiger partial charge in [0.15, 0.2) is 18.7 Å². The Labute approximate surface area is 358 Å². The van der Waals surface area contributed by atoms with Crippen LogP contribution in [0.25, 0.3) is 0 Å². The van der Waals surface area contributed by atoms with Crippen LogP contribution in [-0.2, 0) is 33.3 Å². The molecule has 2 saturated carbocycles. The highest BCUT2D eigenvalue weighted by atomic mass is 127. The molecule has 0 aromatic heterocycles. The molecule has 5 fully saturated rings. The number of rotatable bonds is 16. The van der Waals surface area contributed by atoms with E-state index in [1.165, 1.54) is 6.92 Å². The SMILES string of the molecule is C=C=CCC(I)(CC)C1CC(CC)[C@@H](O[C@@H]2OC(C(F)(F)F)[C@@H](O)C(O)C2O)[C@H](O[C@@H]2OC(CO)[C@H](O)C(O[C@@H](CC3CCCCC3)C(=O)N3CCC3)C2NC(C)=O)C1. The second kappa shape index (κ2) is 21.3. The number of aliphatic hydroxyl groups is 5. The van der Waals surface area contributed by atoms with Gasteiger partial charge in [-0.25, -0.2) is 0 Å². The fourth-order valence-corrected chi connectivity index (χ4v) is 10.2. The molecule has 18 heteroatoms. The van der Waals surface area contributed by atoms with Crippen molar-refractivity contribution in [3.8, 4) is 0 Å². The maximum Gasteiger partial charge on any atom is 0.417 e. The van der Waals surface area contributed by atoms with Crippen LogP contribution in [0.2, 0.25) is 0 Å². The molecule has 3 aliphatic heterocycles. The number of hydrogen-bond donors (Lipinski definition) is 6. The van der Waals surface area contributed by atoms with Gasteiger partial charge in [0.25, 0.3) is 5.91 Å². The molecule has 59 heavy (non-hydrogen) atoms. The topological polar surface area (TPSA) is 197 Å². The number of alkyl halides is 4. The van der Waals surface area contributed by atoms with Crippen LogP contribution in [0.3, 0.4) is 0 Å². The molecule has 0 aromatic carbocycles. The van der Waals surface area contributed by atoms with Gasteiger partial charge < -0.3 is 59.4 Å². The zero-order chi connectivity index (χ0) is 43.2. The van der Waals surface area contributed by atoms with Crippen molar-refractivity contribution in [3.05, 3.63) is 18.4 Å². The summed E-state index contributed by atoms with van der Waals surface area (Å²) in [5, 5.41) is 56.7. The summed E-state index contributed by atoms with van der Waals surface area (Å²) in [5.74, 6) is -1.07. The average Bonchev–Trinajstić information content (AvgIpc) is 3.18. The van der Waals surface area contributed by atoms with Crippen LogP contribution in [0.4, 0.5) is 13.2 Å². The van der Waals surface area contributed by atoms with Crippen molar-refractivity contribution < 1.29 is 72.0 Å². The van der Waals surface area contributed by atoms with E-state index in [4.69, 9.17) is 23.7 Å². The molecule has 9 unspecified atom stereocenters. The highest BCUT2D eigenvalue weighted by Crippen LogP contribution is 2.49. The summed E-state index contributed by atoms with van der Waals surface area (Å²) >= 11 is 2.40. The lowest BCUT2D eigenvalue weighted by atomic mass is 9.69. The Balaban J connectivity index is 1.52. The van der Waals surface area contributed by atoms with Crippen molar-refractivity contribution >= 4 is 34.4 Å². The molecule has 14 nitrogen and oxygen atoms in total. The van der Waals surface area contributed by atoms with E-state index in [1.54, 1.807) is 4.90 Å². The number of carbonyl (C=O) groups is 2. The molecule has 16 atom stereocenters. The Morgan fingerprint density at radius 3 is 2.22 bits per heavy atom. The maximum absolute atomic E-state index is 14.0. The number of amides is 2. The molecule has 3 heterocycles. The smallest absolute Gasteiger partial charge is 0.394 e. The fraction of sp³-hybridized carbons (Fsp3) is 0.878. The Morgan fingerprint density at radius 1 is 0.966 bits per heavy atom. The molecular formula is C41H64F3IN2O12. The first-order valence-corrected chi connectivity index (χ1v) is 22.3. The first kappa shape index (κ1) is 48.6. The average molecular weight is 961 g/mol. The molecule has 0 aromatic rings. The Hall–Kier alpha value is -1.42. The second-order valence-corrected chi connectivity index (χ2v) is 19.1. The van der Waals surface area contributed by atoms with Gasteiger partial charge in [0.05, 0.1) is 18.8 Å². The monoisotopic (exact) mass is 960 g/mol. The minimum atomic E-state index is -5.11. The summed E-state index contributed by atoms with van der Waals surface area (Å²) in [7, 11) is 0.